The summed E-state index contributed by atoms with van der Waals surface area (Å²) < 4.78 is 3.07. The fraction of sp³-hybridized carbons (Fsp3) is 0.263. The van der Waals surface area contributed by atoms with Crippen LogP contribution in [0.5, 0.6) is 0 Å². The van der Waals surface area contributed by atoms with E-state index in [-0.39, 0.29) is 23.2 Å². The fourth-order valence-electron chi connectivity index (χ4n) is 3.36. The topological polar surface area (TPSA) is 97.6 Å². The number of aromatic amines is 1. The number of para-hydroxylation sites is 2. The summed E-state index contributed by atoms with van der Waals surface area (Å²) in [5, 5.41) is 0.776. The summed E-state index contributed by atoms with van der Waals surface area (Å²) >= 11 is 0. The van der Waals surface area contributed by atoms with Crippen molar-refractivity contribution in [2.75, 3.05) is 5.43 Å². The van der Waals surface area contributed by atoms with E-state index in [1.165, 1.54) is 4.68 Å². The average molecular weight is 364 g/mol. The third kappa shape index (κ3) is 2.88. The number of anilines is 1. The summed E-state index contributed by atoms with van der Waals surface area (Å²) in [5.41, 5.74) is 4.50. The molecule has 0 unspecified atom stereocenters. The van der Waals surface area contributed by atoms with Gasteiger partial charge in [-0.3, -0.25) is 14.8 Å². The Hall–Kier alpha value is -3.42. The van der Waals surface area contributed by atoms with E-state index >= 15 is 0 Å². The zero-order valence-corrected chi connectivity index (χ0v) is 15.1. The summed E-state index contributed by atoms with van der Waals surface area (Å²) in [6.07, 6.45) is 3.30. The van der Waals surface area contributed by atoms with Crippen molar-refractivity contribution < 1.29 is 0 Å². The molecule has 0 fully saturated rings. The third-order valence-corrected chi connectivity index (χ3v) is 4.78. The van der Waals surface area contributed by atoms with Crippen LogP contribution in [0.3, 0.4) is 0 Å². The van der Waals surface area contributed by atoms with Gasteiger partial charge in [0, 0.05) is 23.7 Å². The SMILES string of the molecule is CCC(CC)n1c(=O)ccc2cnc(Nn3c(=O)[nH]c4ccccc43)nc21. The Balaban J connectivity index is 1.86. The van der Waals surface area contributed by atoms with E-state index in [1.54, 1.807) is 22.9 Å². The first-order valence-corrected chi connectivity index (χ1v) is 8.97. The Morgan fingerprint density at radius 3 is 2.67 bits per heavy atom. The van der Waals surface area contributed by atoms with E-state index in [1.807, 2.05) is 38.1 Å². The number of hydrogen-bond donors (Lipinski definition) is 2. The van der Waals surface area contributed by atoms with E-state index < -0.39 is 0 Å². The summed E-state index contributed by atoms with van der Waals surface area (Å²) in [6, 6.07) is 10.7. The number of fused-ring (bicyclic) bond motifs is 2. The molecular formula is C19H20N6O2. The van der Waals surface area contributed by atoms with Crippen LogP contribution >= 0.6 is 0 Å². The Bertz CT molecular complexity index is 1230. The van der Waals surface area contributed by atoms with E-state index in [9.17, 15) is 9.59 Å². The van der Waals surface area contributed by atoms with Crippen molar-refractivity contribution in [1.29, 1.82) is 0 Å². The van der Waals surface area contributed by atoms with E-state index in [2.05, 4.69) is 20.4 Å². The van der Waals surface area contributed by atoms with Gasteiger partial charge in [0.25, 0.3) is 5.56 Å². The number of H-pyrrole nitrogens is 1. The lowest BCUT2D eigenvalue weighted by molar-refractivity contribution is 0.470. The predicted octanol–water partition coefficient (Wildman–Crippen LogP) is 2.67. The Labute approximate surface area is 154 Å². The number of benzene rings is 1. The van der Waals surface area contributed by atoms with Gasteiger partial charge in [0.15, 0.2) is 0 Å². The van der Waals surface area contributed by atoms with Crippen LogP contribution in [0, 0.1) is 0 Å². The summed E-state index contributed by atoms with van der Waals surface area (Å²) in [5.74, 6) is 0.250. The lowest BCUT2D eigenvalue weighted by Crippen LogP contribution is -2.26. The molecule has 0 spiro atoms. The van der Waals surface area contributed by atoms with Gasteiger partial charge < -0.3 is 4.98 Å². The quantitative estimate of drug-likeness (QED) is 0.567. The molecule has 4 aromatic rings. The van der Waals surface area contributed by atoms with Crippen molar-refractivity contribution in [3.8, 4) is 0 Å². The molecule has 8 heteroatoms. The fourth-order valence-corrected chi connectivity index (χ4v) is 3.36. The first-order chi connectivity index (χ1) is 13.1. The molecule has 0 aliphatic heterocycles. The van der Waals surface area contributed by atoms with E-state index in [0.29, 0.717) is 16.7 Å². The van der Waals surface area contributed by atoms with E-state index in [0.717, 1.165) is 18.2 Å². The maximum absolute atomic E-state index is 12.5. The zero-order valence-electron chi connectivity index (χ0n) is 15.1. The number of imidazole rings is 1. The standard InChI is InChI=1S/C19H20N6O2/c1-3-13(4-2)24-16(26)10-9-12-11-20-18(22-17(12)24)23-25-15-8-6-5-7-14(15)21-19(25)27/h5-11,13H,3-4H2,1-2H3,(H,21,27)(H,20,22,23). The van der Waals surface area contributed by atoms with Crippen LogP contribution in [0.25, 0.3) is 22.1 Å². The van der Waals surface area contributed by atoms with Crippen molar-refractivity contribution >= 4 is 28.0 Å². The van der Waals surface area contributed by atoms with Crippen molar-refractivity contribution in [2.24, 2.45) is 0 Å². The molecule has 0 saturated heterocycles. The number of aromatic nitrogens is 5. The molecule has 0 aliphatic rings. The second-order valence-corrected chi connectivity index (χ2v) is 6.38. The lowest BCUT2D eigenvalue weighted by Gasteiger charge is -2.18. The average Bonchev–Trinajstić information content (AvgIpc) is 3.00. The highest BCUT2D eigenvalue weighted by Crippen LogP contribution is 2.20. The van der Waals surface area contributed by atoms with Crippen molar-refractivity contribution in [3.05, 3.63) is 63.4 Å². The number of nitrogens with one attached hydrogen (secondary N) is 2. The summed E-state index contributed by atoms with van der Waals surface area (Å²) in [4.78, 5) is 36.4. The molecule has 0 amide bonds. The largest absolute Gasteiger partial charge is 0.345 e. The highest BCUT2D eigenvalue weighted by molar-refractivity contribution is 5.77. The molecule has 2 N–H and O–H groups in total. The Morgan fingerprint density at radius 2 is 1.89 bits per heavy atom. The van der Waals surface area contributed by atoms with Gasteiger partial charge in [0.05, 0.1) is 11.0 Å². The minimum absolute atomic E-state index is 0.0553. The van der Waals surface area contributed by atoms with Crippen LogP contribution in [-0.2, 0) is 0 Å². The number of nitrogens with zero attached hydrogens (tertiary/aromatic N) is 4. The molecule has 27 heavy (non-hydrogen) atoms. The molecule has 3 heterocycles. The van der Waals surface area contributed by atoms with Gasteiger partial charge in [-0.25, -0.2) is 14.5 Å². The van der Waals surface area contributed by atoms with Gasteiger partial charge in [-0.1, -0.05) is 26.0 Å². The van der Waals surface area contributed by atoms with Crippen molar-refractivity contribution in [2.45, 2.75) is 32.7 Å². The number of rotatable bonds is 5. The molecule has 0 radical (unpaired) electrons. The van der Waals surface area contributed by atoms with E-state index in [4.69, 9.17) is 0 Å². The monoisotopic (exact) mass is 364 g/mol. The highest BCUT2D eigenvalue weighted by atomic mass is 16.2. The van der Waals surface area contributed by atoms with Gasteiger partial charge >= 0.3 is 5.69 Å². The van der Waals surface area contributed by atoms with Crippen LogP contribution < -0.4 is 16.7 Å². The Kier molecular flexibility index (Phi) is 4.23. The lowest BCUT2D eigenvalue weighted by atomic mass is 10.1. The molecule has 1 aromatic carbocycles. The maximum atomic E-state index is 12.5. The number of hydrogen-bond acceptors (Lipinski definition) is 5. The molecule has 8 nitrogen and oxygen atoms in total. The van der Waals surface area contributed by atoms with Gasteiger partial charge in [-0.05, 0) is 31.0 Å². The van der Waals surface area contributed by atoms with Crippen LogP contribution in [0.1, 0.15) is 32.7 Å². The van der Waals surface area contributed by atoms with Crippen molar-refractivity contribution in [1.82, 2.24) is 24.2 Å². The molecule has 138 valence electrons. The molecular weight excluding hydrogens is 344 g/mol. The van der Waals surface area contributed by atoms with Gasteiger partial charge in [-0.2, -0.15) is 4.98 Å². The smallest absolute Gasteiger partial charge is 0.304 e. The second-order valence-electron chi connectivity index (χ2n) is 6.38. The first-order valence-electron chi connectivity index (χ1n) is 8.97. The second kappa shape index (κ2) is 6.71. The van der Waals surface area contributed by atoms with Gasteiger partial charge in [0.2, 0.25) is 5.95 Å². The predicted molar refractivity (Wildman–Crippen MR) is 105 cm³/mol. The third-order valence-electron chi connectivity index (χ3n) is 4.78. The minimum Gasteiger partial charge on any atom is -0.304 e. The number of pyridine rings is 1. The molecule has 0 atom stereocenters. The minimum atomic E-state index is -0.314. The molecule has 4 rings (SSSR count). The zero-order chi connectivity index (χ0) is 19.0. The maximum Gasteiger partial charge on any atom is 0.345 e. The molecule has 0 saturated carbocycles. The normalized spacial score (nSPS) is 11.5. The van der Waals surface area contributed by atoms with Crippen LogP contribution in [0.15, 0.2) is 52.2 Å². The summed E-state index contributed by atoms with van der Waals surface area (Å²) in [6.45, 7) is 4.09. The van der Waals surface area contributed by atoms with Crippen molar-refractivity contribution in [3.63, 3.8) is 0 Å². The van der Waals surface area contributed by atoms with Crippen LogP contribution in [0.2, 0.25) is 0 Å². The van der Waals surface area contributed by atoms with Crippen LogP contribution in [0.4, 0.5) is 5.95 Å². The van der Waals surface area contributed by atoms with Gasteiger partial charge in [-0.15, -0.1) is 0 Å². The Morgan fingerprint density at radius 1 is 1.11 bits per heavy atom. The first kappa shape index (κ1) is 17.0. The van der Waals surface area contributed by atoms with Crippen LogP contribution in [-0.4, -0.2) is 24.2 Å². The highest BCUT2D eigenvalue weighted by Gasteiger charge is 2.14. The molecule has 3 aromatic heterocycles. The van der Waals surface area contributed by atoms with Gasteiger partial charge in [0.1, 0.15) is 5.65 Å². The molecule has 0 bridgehead atoms. The molecule has 0 aliphatic carbocycles. The summed E-state index contributed by atoms with van der Waals surface area (Å²) in [7, 11) is 0.